The number of rotatable bonds is 4. The maximum atomic E-state index is 6.30. The Morgan fingerprint density at radius 2 is 1.69 bits per heavy atom. The van der Waals surface area contributed by atoms with Gasteiger partial charge in [0.15, 0.2) is 5.65 Å². The van der Waals surface area contributed by atoms with Crippen LogP contribution in [0.4, 0.5) is 0 Å². The first kappa shape index (κ1) is 18.1. The standard InChI is InChI=1S/C20H21Cl2N3S/c21-16-10-5-11-17(22)18(16)26-13-15-9-6-12-25-19(23-24-20(15)25)14-7-3-1-2-4-8-14/h5-6,9-12,14H,1-4,7-8,13H2. The van der Waals surface area contributed by atoms with Gasteiger partial charge in [0.25, 0.3) is 0 Å². The van der Waals surface area contributed by atoms with Gasteiger partial charge in [0.05, 0.1) is 10.0 Å². The largest absolute Gasteiger partial charge is 0.286 e. The molecular formula is C20H21Cl2N3S. The van der Waals surface area contributed by atoms with Crippen molar-refractivity contribution < 1.29 is 0 Å². The smallest absolute Gasteiger partial charge is 0.164 e. The summed E-state index contributed by atoms with van der Waals surface area (Å²) in [5, 5.41) is 10.5. The Balaban J connectivity index is 1.60. The molecule has 0 saturated heterocycles. The molecule has 0 aliphatic heterocycles. The molecule has 0 spiro atoms. The Labute approximate surface area is 168 Å². The minimum absolute atomic E-state index is 0.522. The number of benzene rings is 1. The number of fused-ring (bicyclic) bond motifs is 1. The van der Waals surface area contributed by atoms with Crippen LogP contribution in [0.1, 0.15) is 55.8 Å². The van der Waals surface area contributed by atoms with Crippen LogP contribution in [0.5, 0.6) is 0 Å². The first-order chi connectivity index (χ1) is 12.7. The molecule has 2 heterocycles. The third-order valence-electron chi connectivity index (χ3n) is 5.05. The minimum Gasteiger partial charge on any atom is -0.286 e. The average molecular weight is 406 g/mol. The van der Waals surface area contributed by atoms with Crippen molar-refractivity contribution in [2.45, 2.75) is 55.1 Å². The predicted octanol–water partition coefficient (Wildman–Crippen LogP) is 6.77. The molecule has 0 bridgehead atoms. The van der Waals surface area contributed by atoms with Gasteiger partial charge >= 0.3 is 0 Å². The van der Waals surface area contributed by atoms with Crippen molar-refractivity contribution in [3.8, 4) is 0 Å². The normalized spacial score (nSPS) is 16.1. The highest BCUT2D eigenvalue weighted by molar-refractivity contribution is 7.98. The summed E-state index contributed by atoms with van der Waals surface area (Å²) in [6.07, 6.45) is 9.79. The second-order valence-corrected chi connectivity index (χ2v) is 8.61. The molecule has 0 N–H and O–H groups in total. The Morgan fingerprint density at radius 1 is 0.962 bits per heavy atom. The fourth-order valence-corrected chi connectivity index (χ4v) is 5.35. The van der Waals surface area contributed by atoms with Gasteiger partial charge in [0.2, 0.25) is 0 Å². The van der Waals surface area contributed by atoms with Crippen molar-refractivity contribution in [2.24, 2.45) is 0 Å². The maximum Gasteiger partial charge on any atom is 0.164 e. The van der Waals surface area contributed by atoms with E-state index in [-0.39, 0.29) is 0 Å². The Hall–Kier alpha value is -1.23. The van der Waals surface area contributed by atoms with Gasteiger partial charge < -0.3 is 0 Å². The Bertz CT molecular complexity index is 881. The van der Waals surface area contributed by atoms with Crippen LogP contribution in [0.25, 0.3) is 5.65 Å². The van der Waals surface area contributed by atoms with Gasteiger partial charge in [-0.2, -0.15) is 0 Å². The first-order valence-corrected chi connectivity index (χ1v) is 10.9. The summed E-state index contributed by atoms with van der Waals surface area (Å²) < 4.78 is 2.18. The van der Waals surface area contributed by atoms with Crippen molar-refractivity contribution in [3.05, 3.63) is 58.0 Å². The Kier molecular flexibility index (Phi) is 5.72. The van der Waals surface area contributed by atoms with E-state index in [1.807, 2.05) is 18.2 Å². The summed E-state index contributed by atoms with van der Waals surface area (Å²) in [5.74, 6) is 2.40. The van der Waals surface area contributed by atoms with Gasteiger partial charge in [-0.25, -0.2) is 0 Å². The molecule has 136 valence electrons. The lowest BCUT2D eigenvalue weighted by Gasteiger charge is -2.12. The third kappa shape index (κ3) is 3.73. The SMILES string of the molecule is Clc1cccc(Cl)c1SCc1cccn2c(C3CCCCCC3)nnc12. The fraction of sp³-hybridized carbons (Fsp3) is 0.400. The summed E-state index contributed by atoms with van der Waals surface area (Å²) in [6.45, 7) is 0. The van der Waals surface area contributed by atoms with Crippen molar-refractivity contribution in [1.82, 2.24) is 14.6 Å². The minimum atomic E-state index is 0.522. The van der Waals surface area contributed by atoms with E-state index in [9.17, 15) is 0 Å². The third-order valence-corrected chi connectivity index (χ3v) is 7.09. The van der Waals surface area contributed by atoms with E-state index in [2.05, 4.69) is 32.9 Å². The summed E-state index contributed by atoms with van der Waals surface area (Å²) in [4.78, 5) is 0.918. The Morgan fingerprint density at radius 3 is 2.42 bits per heavy atom. The lowest BCUT2D eigenvalue weighted by atomic mass is 9.99. The first-order valence-electron chi connectivity index (χ1n) is 9.13. The van der Waals surface area contributed by atoms with Crippen LogP contribution in [0.3, 0.4) is 0 Å². The van der Waals surface area contributed by atoms with Crippen molar-refractivity contribution in [2.75, 3.05) is 0 Å². The molecule has 2 aromatic heterocycles. The number of hydrogen-bond donors (Lipinski definition) is 0. The molecule has 3 aromatic rings. The van der Waals surface area contributed by atoms with Gasteiger partial charge in [-0.05, 0) is 31.0 Å². The molecule has 1 aliphatic carbocycles. The highest BCUT2D eigenvalue weighted by Gasteiger charge is 2.20. The van der Waals surface area contributed by atoms with E-state index in [0.29, 0.717) is 16.0 Å². The van der Waals surface area contributed by atoms with E-state index < -0.39 is 0 Å². The molecular weight excluding hydrogens is 385 g/mol. The van der Waals surface area contributed by atoms with E-state index in [1.165, 1.54) is 38.5 Å². The van der Waals surface area contributed by atoms with Crippen LogP contribution in [0, 0.1) is 0 Å². The van der Waals surface area contributed by atoms with Crippen LogP contribution in [0.15, 0.2) is 41.4 Å². The van der Waals surface area contributed by atoms with Gasteiger partial charge in [0, 0.05) is 28.3 Å². The molecule has 1 aliphatic rings. The summed E-state index contributed by atoms with van der Waals surface area (Å²) in [7, 11) is 0. The van der Waals surface area contributed by atoms with Gasteiger partial charge in [0.1, 0.15) is 5.82 Å². The van der Waals surface area contributed by atoms with Crippen LogP contribution >= 0.6 is 35.0 Å². The van der Waals surface area contributed by atoms with Crippen LogP contribution < -0.4 is 0 Å². The van der Waals surface area contributed by atoms with Gasteiger partial charge in [-0.3, -0.25) is 4.40 Å². The van der Waals surface area contributed by atoms with E-state index in [1.54, 1.807) is 11.8 Å². The average Bonchev–Trinajstić information content (AvgIpc) is 2.89. The van der Waals surface area contributed by atoms with E-state index >= 15 is 0 Å². The molecule has 4 rings (SSSR count). The molecule has 0 amide bonds. The van der Waals surface area contributed by atoms with Gasteiger partial charge in [-0.1, -0.05) is 61.0 Å². The zero-order chi connectivity index (χ0) is 17.9. The number of thioether (sulfide) groups is 1. The lowest BCUT2D eigenvalue weighted by Crippen LogP contribution is -2.04. The number of halogens is 2. The van der Waals surface area contributed by atoms with Crippen molar-refractivity contribution >= 4 is 40.6 Å². The van der Waals surface area contributed by atoms with Crippen LogP contribution in [-0.4, -0.2) is 14.6 Å². The zero-order valence-corrected chi connectivity index (χ0v) is 16.8. The van der Waals surface area contributed by atoms with E-state index in [0.717, 1.165) is 27.7 Å². The molecule has 3 nitrogen and oxygen atoms in total. The fourth-order valence-electron chi connectivity index (χ4n) is 3.69. The van der Waals surface area contributed by atoms with Crippen molar-refractivity contribution in [3.63, 3.8) is 0 Å². The quantitative estimate of drug-likeness (QED) is 0.354. The maximum absolute atomic E-state index is 6.30. The highest BCUT2D eigenvalue weighted by Crippen LogP contribution is 2.36. The second kappa shape index (κ2) is 8.20. The number of hydrogen-bond acceptors (Lipinski definition) is 3. The monoisotopic (exact) mass is 405 g/mol. The summed E-state index contributed by atoms with van der Waals surface area (Å²) in [6, 6.07) is 9.81. The van der Waals surface area contributed by atoms with Crippen LogP contribution in [-0.2, 0) is 5.75 Å². The summed E-state index contributed by atoms with van der Waals surface area (Å²) >= 11 is 14.2. The number of aromatic nitrogens is 3. The molecule has 1 saturated carbocycles. The number of nitrogens with zero attached hydrogens (tertiary/aromatic N) is 3. The molecule has 1 aromatic carbocycles. The second-order valence-electron chi connectivity index (χ2n) is 6.81. The highest BCUT2D eigenvalue weighted by atomic mass is 35.5. The van der Waals surface area contributed by atoms with Gasteiger partial charge in [-0.15, -0.1) is 22.0 Å². The predicted molar refractivity (Wildman–Crippen MR) is 109 cm³/mol. The van der Waals surface area contributed by atoms with Crippen LogP contribution in [0.2, 0.25) is 10.0 Å². The molecule has 6 heteroatoms. The molecule has 1 fully saturated rings. The zero-order valence-electron chi connectivity index (χ0n) is 14.5. The topological polar surface area (TPSA) is 30.2 Å². The van der Waals surface area contributed by atoms with E-state index in [4.69, 9.17) is 23.2 Å². The summed E-state index contributed by atoms with van der Waals surface area (Å²) in [5.41, 5.74) is 2.10. The number of pyridine rings is 1. The molecule has 0 unspecified atom stereocenters. The van der Waals surface area contributed by atoms with Crippen molar-refractivity contribution in [1.29, 1.82) is 0 Å². The molecule has 0 atom stereocenters. The lowest BCUT2D eigenvalue weighted by molar-refractivity contribution is 0.555. The molecule has 0 radical (unpaired) electrons. The molecule has 26 heavy (non-hydrogen) atoms.